The maximum atomic E-state index is 4.36. The fourth-order valence-corrected chi connectivity index (χ4v) is 1.82. The number of benzene rings is 1. The van der Waals surface area contributed by atoms with Crippen molar-refractivity contribution >= 4 is 16.6 Å². The molecule has 0 spiro atoms. The molecule has 0 saturated heterocycles. The Hall–Kier alpha value is -1.57. The third-order valence-electron chi connectivity index (χ3n) is 2.84. The van der Waals surface area contributed by atoms with Crippen LogP contribution in [0.2, 0.25) is 0 Å². The van der Waals surface area contributed by atoms with Crippen molar-refractivity contribution in [2.24, 2.45) is 5.41 Å². The van der Waals surface area contributed by atoms with E-state index in [1.165, 1.54) is 11.1 Å². The molecule has 0 aliphatic heterocycles. The summed E-state index contributed by atoms with van der Waals surface area (Å²) in [6, 6.07) is 10.3. The average Bonchev–Trinajstić information content (AvgIpc) is 2.28. The number of nitrogens with zero attached hydrogens (tertiary/aromatic N) is 1. The number of pyridine rings is 1. The van der Waals surface area contributed by atoms with Crippen LogP contribution in [0.1, 0.15) is 27.2 Å². The molecule has 0 atom stereocenters. The number of para-hydroxylation sites is 1. The minimum atomic E-state index is 0.371. The Morgan fingerprint density at radius 2 is 1.88 bits per heavy atom. The van der Waals surface area contributed by atoms with Gasteiger partial charge in [-0.15, -0.1) is 0 Å². The number of hydrogen-bond donors (Lipinski definition) is 1. The Labute approximate surface area is 103 Å². The van der Waals surface area contributed by atoms with Gasteiger partial charge in [0.2, 0.25) is 0 Å². The van der Waals surface area contributed by atoms with Crippen LogP contribution in [0.4, 0.5) is 5.69 Å². The largest absolute Gasteiger partial charge is 0.384 e. The molecule has 2 rings (SSSR count). The van der Waals surface area contributed by atoms with Gasteiger partial charge in [0.1, 0.15) is 0 Å². The number of hydrogen-bond acceptors (Lipinski definition) is 2. The second kappa shape index (κ2) is 4.74. The Balaban J connectivity index is 2.13. The lowest BCUT2D eigenvalue weighted by Gasteiger charge is -2.19. The quantitative estimate of drug-likeness (QED) is 0.856. The maximum Gasteiger partial charge on any atom is 0.0722 e. The standard InChI is InChI=1S/C15H20N2/c1-15(2,3)9-11-17-14-8-10-16-13-7-5-4-6-12(13)14/h4-8,10H,9,11H2,1-3H3,(H,16,17). The highest BCUT2D eigenvalue weighted by Gasteiger charge is 2.09. The SMILES string of the molecule is CC(C)(C)CCNc1ccnc2ccccc12. The van der Waals surface area contributed by atoms with Crippen molar-refractivity contribution in [2.75, 3.05) is 11.9 Å². The van der Waals surface area contributed by atoms with Crippen molar-refractivity contribution in [2.45, 2.75) is 27.2 Å². The van der Waals surface area contributed by atoms with Gasteiger partial charge in [-0.25, -0.2) is 0 Å². The third-order valence-corrected chi connectivity index (χ3v) is 2.84. The summed E-state index contributed by atoms with van der Waals surface area (Å²) in [7, 11) is 0. The van der Waals surface area contributed by atoms with E-state index in [1.807, 2.05) is 24.4 Å². The Morgan fingerprint density at radius 3 is 2.65 bits per heavy atom. The predicted octanol–water partition coefficient (Wildman–Crippen LogP) is 4.08. The van der Waals surface area contributed by atoms with Gasteiger partial charge < -0.3 is 5.32 Å². The number of nitrogens with one attached hydrogen (secondary N) is 1. The summed E-state index contributed by atoms with van der Waals surface area (Å²) in [5, 5.41) is 4.70. The molecule has 1 heterocycles. The van der Waals surface area contributed by atoms with Gasteiger partial charge >= 0.3 is 0 Å². The second-order valence-corrected chi connectivity index (χ2v) is 5.61. The minimum absolute atomic E-state index is 0.371. The van der Waals surface area contributed by atoms with Crippen molar-refractivity contribution in [3.05, 3.63) is 36.5 Å². The van der Waals surface area contributed by atoms with E-state index in [2.05, 4.69) is 43.2 Å². The van der Waals surface area contributed by atoms with Gasteiger partial charge in [0.05, 0.1) is 5.52 Å². The molecule has 0 amide bonds. The zero-order valence-electron chi connectivity index (χ0n) is 10.8. The van der Waals surface area contributed by atoms with E-state index in [0.29, 0.717) is 5.41 Å². The Kier molecular flexibility index (Phi) is 3.32. The molecule has 0 aliphatic carbocycles. The maximum absolute atomic E-state index is 4.36. The van der Waals surface area contributed by atoms with Crippen LogP contribution in [0.25, 0.3) is 10.9 Å². The number of rotatable bonds is 3. The summed E-state index contributed by atoms with van der Waals surface area (Å²) in [4.78, 5) is 4.36. The average molecular weight is 228 g/mol. The van der Waals surface area contributed by atoms with Crippen molar-refractivity contribution in [3.63, 3.8) is 0 Å². The second-order valence-electron chi connectivity index (χ2n) is 5.61. The van der Waals surface area contributed by atoms with E-state index in [1.54, 1.807) is 0 Å². The highest BCUT2D eigenvalue weighted by atomic mass is 14.9. The first-order valence-corrected chi connectivity index (χ1v) is 6.14. The zero-order chi connectivity index (χ0) is 12.3. The van der Waals surface area contributed by atoms with Crippen molar-refractivity contribution in [1.82, 2.24) is 4.98 Å². The fraction of sp³-hybridized carbons (Fsp3) is 0.400. The summed E-state index contributed by atoms with van der Waals surface area (Å²) in [6.45, 7) is 7.79. The first kappa shape index (κ1) is 11.9. The van der Waals surface area contributed by atoms with Crippen LogP contribution >= 0.6 is 0 Å². The zero-order valence-corrected chi connectivity index (χ0v) is 10.8. The van der Waals surface area contributed by atoms with Crippen LogP contribution in [0.5, 0.6) is 0 Å². The number of aromatic nitrogens is 1. The Morgan fingerprint density at radius 1 is 1.12 bits per heavy atom. The molecule has 90 valence electrons. The summed E-state index contributed by atoms with van der Waals surface area (Å²) in [5.41, 5.74) is 2.60. The van der Waals surface area contributed by atoms with Crippen LogP contribution in [-0.4, -0.2) is 11.5 Å². The third kappa shape index (κ3) is 3.19. The van der Waals surface area contributed by atoms with E-state index in [0.717, 1.165) is 18.5 Å². The summed E-state index contributed by atoms with van der Waals surface area (Å²) in [6.07, 6.45) is 3.02. The molecule has 1 aromatic carbocycles. The van der Waals surface area contributed by atoms with E-state index in [-0.39, 0.29) is 0 Å². The topological polar surface area (TPSA) is 24.9 Å². The summed E-state index contributed by atoms with van der Waals surface area (Å²) >= 11 is 0. The molecule has 1 aromatic heterocycles. The van der Waals surface area contributed by atoms with Gasteiger partial charge in [-0.05, 0) is 24.0 Å². The van der Waals surface area contributed by atoms with Crippen LogP contribution in [0.3, 0.4) is 0 Å². The summed E-state index contributed by atoms with van der Waals surface area (Å²) in [5.74, 6) is 0. The highest BCUT2D eigenvalue weighted by Crippen LogP contribution is 2.23. The fourth-order valence-electron chi connectivity index (χ4n) is 1.82. The highest BCUT2D eigenvalue weighted by molar-refractivity contribution is 5.90. The smallest absolute Gasteiger partial charge is 0.0722 e. The minimum Gasteiger partial charge on any atom is -0.384 e. The van der Waals surface area contributed by atoms with Gasteiger partial charge in [0.25, 0.3) is 0 Å². The first-order valence-electron chi connectivity index (χ1n) is 6.14. The lowest BCUT2D eigenvalue weighted by atomic mass is 9.92. The molecule has 17 heavy (non-hydrogen) atoms. The van der Waals surface area contributed by atoms with Gasteiger partial charge in [-0.1, -0.05) is 39.0 Å². The van der Waals surface area contributed by atoms with Crippen LogP contribution in [0.15, 0.2) is 36.5 Å². The summed E-state index contributed by atoms with van der Waals surface area (Å²) < 4.78 is 0. The molecule has 0 radical (unpaired) electrons. The van der Waals surface area contributed by atoms with Gasteiger partial charge in [-0.3, -0.25) is 4.98 Å². The van der Waals surface area contributed by atoms with Crippen LogP contribution < -0.4 is 5.32 Å². The van der Waals surface area contributed by atoms with Crippen molar-refractivity contribution in [1.29, 1.82) is 0 Å². The van der Waals surface area contributed by atoms with Crippen LogP contribution in [-0.2, 0) is 0 Å². The molecule has 2 heteroatoms. The van der Waals surface area contributed by atoms with Crippen molar-refractivity contribution in [3.8, 4) is 0 Å². The van der Waals surface area contributed by atoms with E-state index < -0.39 is 0 Å². The molecule has 1 N–H and O–H groups in total. The Bertz CT molecular complexity index is 492. The molecule has 0 aliphatic rings. The first-order chi connectivity index (χ1) is 8.06. The normalized spacial score (nSPS) is 11.7. The predicted molar refractivity (Wildman–Crippen MR) is 74.3 cm³/mol. The molecular formula is C15H20N2. The van der Waals surface area contributed by atoms with Gasteiger partial charge in [0.15, 0.2) is 0 Å². The molecule has 0 bridgehead atoms. The number of anilines is 1. The monoisotopic (exact) mass is 228 g/mol. The van der Waals surface area contributed by atoms with Gasteiger partial charge in [-0.2, -0.15) is 0 Å². The molecular weight excluding hydrogens is 208 g/mol. The van der Waals surface area contributed by atoms with Crippen LogP contribution in [0, 0.1) is 5.41 Å². The van der Waals surface area contributed by atoms with E-state index in [9.17, 15) is 0 Å². The molecule has 2 nitrogen and oxygen atoms in total. The lowest BCUT2D eigenvalue weighted by molar-refractivity contribution is 0.390. The van der Waals surface area contributed by atoms with E-state index in [4.69, 9.17) is 0 Å². The molecule has 2 aromatic rings. The number of fused-ring (bicyclic) bond motifs is 1. The van der Waals surface area contributed by atoms with E-state index >= 15 is 0 Å². The molecule has 0 saturated carbocycles. The lowest BCUT2D eigenvalue weighted by Crippen LogP contribution is -2.12. The van der Waals surface area contributed by atoms with Crippen molar-refractivity contribution < 1.29 is 0 Å². The molecule has 0 fully saturated rings. The van der Waals surface area contributed by atoms with Gasteiger partial charge in [0, 0.05) is 23.8 Å². The molecule has 0 unspecified atom stereocenters.